The van der Waals surface area contributed by atoms with Crippen molar-refractivity contribution in [1.82, 2.24) is 0 Å². The van der Waals surface area contributed by atoms with E-state index in [1.54, 1.807) is 24.3 Å². The van der Waals surface area contributed by atoms with Gasteiger partial charge in [-0.1, -0.05) is 56.3 Å². The second kappa shape index (κ2) is 7.41. The van der Waals surface area contributed by atoms with Crippen molar-refractivity contribution in [2.75, 3.05) is 11.1 Å². The van der Waals surface area contributed by atoms with E-state index >= 15 is 0 Å². The standard InChI is InChI=1S/C26H23FN2O2S/c1-26(2)12-17-20(18(30)13-26)19(14-8-10-16(27)11-9-14)21-22(28)24(32-25(21)29-17)23(31)15-6-4-3-5-7-15/h3-11,19,29H,12-13,28H2,1-2H3/t19-/m1/s1. The van der Waals surface area contributed by atoms with Crippen LogP contribution in [0.4, 0.5) is 15.1 Å². The number of rotatable bonds is 3. The highest BCUT2D eigenvalue weighted by Crippen LogP contribution is 2.54. The zero-order chi connectivity index (χ0) is 22.6. The lowest BCUT2D eigenvalue weighted by Crippen LogP contribution is -2.33. The lowest BCUT2D eigenvalue weighted by atomic mass is 9.69. The van der Waals surface area contributed by atoms with Crippen molar-refractivity contribution in [2.45, 2.75) is 32.6 Å². The van der Waals surface area contributed by atoms with Gasteiger partial charge in [-0.05, 0) is 29.5 Å². The Hall–Kier alpha value is -3.25. The minimum atomic E-state index is -0.431. The number of hydrogen-bond donors (Lipinski definition) is 2. The third-order valence-corrected chi connectivity index (χ3v) is 7.33. The number of thiophene rings is 1. The molecule has 162 valence electrons. The number of carbonyl (C=O) groups is 2. The zero-order valence-electron chi connectivity index (χ0n) is 17.9. The predicted octanol–water partition coefficient (Wildman–Crippen LogP) is 5.90. The van der Waals surface area contributed by atoms with Gasteiger partial charge in [-0.25, -0.2) is 4.39 Å². The van der Waals surface area contributed by atoms with Crippen LogP contribution in [-0.4, -0.2) is 11.6 Å². The maximum atomic E-state index is 13.7. The van der Waals surface area contributed by atoms with E-state index in [1.807, 2.05) is 18.2 Å². The van der Waals surface area contributed by atoms with Crippen LogP contribution in [0.1, 0.15) is 59.0 Å². The van der Waals surface area contributed by atoms with E-state index < -0.39 is 5.92 Å². The molecule has 0 spiro atoms. The molecule has 2 aliphatic rings. The van der Waals surface area contributed by atoms with Crippen LogP contribution < -0.4 is 11.1 Å². The number of nitrogen functional groups attached to an aromatic ring is 1. The van der Waals surface area contributed by atoms with Gasteiger partial charge in [0.05, 0.1) is 10.7 Å². The molecule has 1 aliphatic carbocycles. The highest BCUT2D eigenvalue weighted by molar-refractivity contribution is 7.19. The van der Waals surface area contributed by atoms with Crippen molar-refractivity contribution in [1.29, 1.82) is 0 Å². The normalized spacial score (nSPS) is 19.2. The smallest absolute Gasteiger partial charge is 0.205 e. The molecule has 3 aromatic rings. The van der Waals surface area contributed by atoms with E-state index in [4.69, 9.17) is 5.73 Å². The molecule has 1 atom stereocenters. The monoisotopic (exact) mass is 446 g/mol. The first-order valence-corrected chi connectivity index (χ1v) is 11.4. The summed E-state index contributed by atoms with van der Waals surface area (Å²) >= 11 is 1.32. The van der Waals surface area contributed by atoms with Gasteiger partial charge in [-0.15, -0.1) is 11.3 Å². The lowest BCUT2D eigenvalue weighted by Gasteiger charge is -2.38. The Kier molecular flexibility index (Phi) is 4.78. The van der Waals surface area contributed by atoms with Crippen LogP contribution in [0.2, 0.25) is 0 Å². The van der Waals surface area contributed by atoms with E-state index in [2.05, 4.69) is 19.2 Å². The number of ketones is 2. The summed E-state index contributed by atoms with van der Waals surface area (Å²) in [5, 5.41) is 4.21. The van der Waals surface area contributed by atoms with Crippen LogP contribution >= 0.6 is 11.3 Å². The van der Waals surface area contributed by atoms with Crippen molar-refractivity contribution >= 4 is 33.6 Å². The van der Waals surface area contributed by atoms with Gasteiger partial charge in [0.25, 0.3) is 0 Å². The van der Waals surface area contributed by atoms with Crippen LogP contribution in [0, 0.1) is 11.2 Å². The lowest BCUT2D eigenvalue weighted by molar-refractivity contribution is -0.118. The van der Waals surface area contributed by atoms with Crippen LogP contribution in [0.3, 0.4) is 0 Å². The fourth-order valence-corrected chi connectivity index (χ4v) is 5.92. The van der Waals surface area contributed by atoms with Crippen molar-refractivity contribution in [3.8, 4) is 0 Å². The highest BCUT2D eigenvalue weighted by atomic mass is 32.1. The van der Waals surface area contributed by atoms with Gasteiger partial charge in [0.1, 0.15) is 10.7 Å². The molecule has 6 heteroatoms. The molecule has 2 aromatic carbocycles. The van der Waals surface area contributed by atoms with Gasteiger partial charge in [0.15, 0.2) is 5.78 Å². The average molecular weight is 447 g/mol. The van der Waals surface area contributed by atoms with Crippen molar-refractivity contribution in [3.63, 3.8) is 0 Å². The Morgan fingerprint density at radius 3 is 2.47 bits per heavy atom. The fourth-order valence-electron chi connectivity index (χ4n) is 4.78. The first-order chi connectivity index (χ1) is 15.2. The fraction of sp³-hybridized carbons (Fsp3) is 0.231. The maximum Gasteiger partial charge on any atom is 0.205 e. The predicted molar refractivity (Wildman–Crippen MR) is 126 cm³/mol. The topological polar surface area (TPSA) is 72.2 Å². The summed E-state index contributed by atoms with van der Waals surface area (Å²) in [6.07, 6.45) is 1.14. The Morgan fingerprint density at radius 2 is 1.78 bits per heavy atom. The maximum absolute atomic E-state index is 13.7. The minimum Gasteiger partial charge on any atom is -0.397 e. The van der Waals surface area contributed by atoms with E-state index in [9.17, 15) is 14.0 Å². The Labute approximate surface area is 190 Å². The van der Waals surface area contributed by atoms with E-state index in [-0.39, 0.29) is 22.8 Å². The summed E-state index contributed by atoms with van der Waals surface area (Å²) in [5.41, 5.74) is 10.4. The number of allylic oxidation sites excluding steroid dienone is 2. The molecule has 0 saturated heterocycles. The van der Waals surface area contributed by atoms with Gasteiger partial charge in [0, 0.05) is 34.7 Å². The number of halogens is 1. The quantitative estimate of drug-likeness (QED) is 0.491. The highest BCUT2D eigenvalue weighted by Gasteiger charge is 2.43. The third-order valence-electron chi connectivity index (χ3n) is 6.19. The summed E-state index contributed by atoms with van der Waals surface area (Å²) < 4.78 is 13.7. The van der Waals surface area contributed by atoms with Gasteiger partial charge >= 0.3 is 0 Å². The van der Waals surface area contributed by atoms with E-state index in [0.29, 0.717) is 34.5 Å². The molecule has 0 saturated carbocycles. The number of nitrogens with one attached hydrogen (secondary N) is 1. The molecule has 0 radical (unpaired) electrons. The first kappa shape index (κ1) is 20.6. The summed E-state index contributed by atoms with van der Waals surface area (Å²) in [6, 6.07) is 15.2. The van der Waals surface area contributed by atoms with Crippen molar-refractivity contribution < 1.29 is 14.0 Å². The first-order valence-electron chi connectivity index (χ1n) is 10.6. The molecule has 32 heavy (non-hydrogen) atoms. The third kappa shape index (κ3) is 3.35. The molecule has 0 bridgehead atoms. The van der Waals surface area contributed by atoms with Gasteiger partial charge < -0.3 is 11.1 Å². The number of anilines is 2. The Bertz CT molecular complexity index is 1270. The molecule has 2 heterocycles. The summed E-state index contributed by atoms with van der Waals surface area (Å²) in [7, 11) is 0. The van der Waals surface area contributed by atoms with Crippen LogP contribution in [-0.2, 0) is 4.79 Å². The summed E-state index contributed by atoms with van der Waals surface area (Å²) in [6.45, 7) is 4.15. The number of Topliss-reactive ketones (excluding diaryl/α,β-unsaturated/α-hetero) is 1. The van der Waals surface area contributed by atoms with Crippen LogP contribution in [0.25, 0.3) is 0 Å². The molecule has 0 amide bonds. The summed E-state index contributed by atoms with van der Waals surface area (Å²) in [5.74, 6) is -0.859. The molecule has 3 N–H and O–H groups in total. The van der Waals surface area contributed by atoms with Gasteiger partial charge in [0.2, 0.25) is 5.78 Å². The number of carbonyl (C=O) groups excluding carboxylic acids is 2. The molecule has 5 rings (SSSR count). The van der Waals surface area contributed by atoms with E-state index in [1.165, 1.54) is 23.5 Å². The Balaban J connectivity index is 1.69. The number of fused-ring (bicyclic) bond motifs is 1. The molecule has 0 fully saturated rings. The molecule has 1 aromatic heterocycles. The number of hydrogen-bond acceptors (Lipinski definition) is 5. The van der Waals surface area contributed by atoms with Crippen molar-refractivity contribution in [2.24, 2.45) is 5.41 Å². The molecular weight excluding hydrogens is 423 g/mol. The SMILES string of the molecule is CC1(C)CC(=O)C2=C(C1)Nc1sc(C(=O)c3ccccc3)c(N)c1[C@@H]2c1ccc(F)cc1. The van der Waals surface area contributed by atoms with Crippen molar-refractivity contribution in [3.05, 3.63) is 93.3 Å². The Morgan fingerprint density at radius 1 is 1.09 bits per heavy atom. The molecular formula is C26H23FN2O2S. The largest absolute Gasteiger partial charge is 0.397 e. The molecule has 1 aliphatic heterocycles. The molecule has 0 unspecified atom stereocenters. The number of nitrogens with two attached hydrogens (primary N) is 1. The average Bonchev–Trinajstić information content (AvgIpc) is 3.08. The van der Waals surface area contributed by atoms with Crippen LogP contribution in [0.15, 0.2) is 65.9 Å². The van der Waals surface area contributed by atoms with Gasteiger partial charge in [-0.3, -0.25) is 9.59 Å². The molecule has 4 nitrogen and oxygen atoms in total. The minimum absolute atomic E-state index is 0.0604. The zero-order valence-corrected chi connectivity index (χ0v) is 18.7. The number of benzene rings is 2. The summed E-state index contributed by atoms with van der Waals surface area (Å²) in [4.78, 5) is 27.0. The second-order valence-electron chi connectivity index (χ2n) is 9.23. The van der Waals surface area contributed by atoms with Gasteiger partial charge in [-0.2, -0.15) is 0 Å². The second-order valence-corrected chi connectivity index (χ2v) is 10.2. The van der Waals surface area contributed by atoms with E-state index in [0.717, 1.165) is 21.8 Å². The van der Waals surface area contributed by atoms with Crippen LogP contribution in [0.5, 0.6) is 0 Å².